The van der Waals surface area contributed by atoms with E-state index in [-0.39, 0.29) is 0 Å². The number of para-hydroxylation sites is 1. The molecule has 4 N–H and O–H groups in total. The summed E-state index contributed by atoms with van der Waals surface area (Å²) in [5, 5.41) is 9.89. The summed E-state index contributed by atoms with van der Waals surface area (Å²) in [5.74, 6) is -0.967. The lowest BCUT2D eigenvalue weighted by atomic mass is 10.0. The van der Waals surface area contributed by atoms with E-state index in [0.29, 0.717) is 6.42 Å². The maximum absolute atomic E-state index is 10.7. The molecule has 90 valence electrons. The van der Waals surface area contributed by atoms with Gasteiger partial charge < -0.3 is 15.8 Å². The molecule has 1 atom stereocenters. The quantitative estimate of drug-likeness (QED) is 0.750. The molecular weight excluding hydrogens is 216 g/mol. The summed E-state index contributed by atoms with van der Waals surface area (Å²) >= 11 is 0. The number of hydrogen-bond donors (Lipinski definition) is 3. The highest BCUT2D eigenvalue weighted by Gasteiger charge is 2.15. The van der Waals surface area contributed by atoms with Gasteiger partial charge in [0.1, 0.15) is 6.04 Å². The van der Waals surface area contributed by atoms with Crippen LogP contribution in [0.1, 0.15) is 18.1 Å². The number of aromatic nitrogens is 1. The van der Waals surface area contributed by atoms with Gasteiger partial charge in [0.15, 0.2) is 0 Å². The molecule has 0 amide bonds. The summed E-state index contributed by atoms with van der Waals surface area (Å²) in [4.78, 5) is 14.0. The van der Waals surface area contributed by atoms with Crippen molar-refractivity contribution in [1.82, 2.24) is 4.98 Å². The number of hydrogen-bond acceptors (Lipinski definition) is 2. The monoisotopic (exact) mass is 232 g/mol. The van der Waals surface area contributed by atoms with Gasteiger partial charge >= 0.3 is 5.97 Å². The average Bonchev–Trinajstić information content (AvgIpc) is 2.72. The molecular formula is C13H16N2O2. The molecule has 4 heteroatoms. The van der Waals surface area contributed by atoms with Crippen LogP contribution in [0.3, 0.4) is 0 Å². The summed E-state index contributed by atoms with van der Waals surface area (Å²) in [7, 11) is 0. The molecule has 1 aromatic heterocycles. The van der Waals surface area contributed by atoms with Crippen molar-refractivity contribution < 1.29 is 9.90 Å². The molecule has 0 spiro atoms. The van der Waals surface area contributed by atoms with E-state index >= 15 is 0 Å². The first-order valence-corrected chi connectivity index (χ1v) is 5.69. The summed E-state index contributed by atoms with van der Waals surface area (Å²) in [6.07, 6.45) is 3.15. The molecule has 0 aliphatic rings. The van der Waals surface area contributed by atoms with E-state index in [1.54, 1.807) is 0 Å². The van der Waals surface area contributed by atoms with Crippen molar-refractivity contribution >= 4 is 16.9 Å². The van der Waals surface area contributed by atoms with Crippen LogP contribution in [0.2, 0.25) is 0 Å². The Labute approximate surface area is 99.4 Å². The average molecular weight is 232 g/mol. The minimum absolute atomic E-state index is 0.350. The zero-order chi connectivity index (χ0) is 12.4. The Balaban J connectivity index is 2.40. The van der Waals surface area contributed by atoms with Gasteiger partial charge in [0.25, 0.3) is 0 Å². The number of fused-ring (bicyclic) bond motifs is 1. The zero-order valence-corrected chi connectivity index (χ0v) is 9.73. The van der Waals surface area contributed by atoms with Crippen LogP contribution in [-0.2, 0) is 17.6 Å². The number of carbonyl (C=O) groups is 1. The van der Waals surface area contributed by atoms with Crippen LogP contribution in [0.4, 0.5) is 0 Å². The van der Waals surface area contributed by atoms with Crippen LogP contribution in [-0.4, -0.2) is 22.1 Å². The minimum Gasteiger partial charge on any atom is -0.480 e. The summed E-state index contributed by atoms with van der Waals surface area (Å²) in [5.41, 5.74) is 8.84. The highest BCUT2D eigenvalue weighted by molar-refractivity contribution is 5.87. The second-order valence-electron chi connectivity index (χ2n) is 4.16. The fourth-order valence-corrected chi connectivity index (χ4v) is 2.06. The fraction of sp³-hybridized carbons (Fsp3) is 0.308. The molecule has 2 aromatic rings. The second-order valence-corrected chi connectivity index (χ2v) is 4.16. The number of rotatable bonds is 4. The number of aliphatic carboxylic acids is 1. The maximum atomic E-state index is 10.7. The Morgan fingerprint density at radius 3 is 2.88 bits per heavy atom. The summed E-state index contributed by atoms with van der Waals surface area (Å²) in [6.45, 7) is 2.10. The van der Waals surface area contributed by atoms with Crippen molar-refractivity contribution in [3.05, 3.63) is 35.5 Å². The van der Waals surface area contributed by atoms with Crippen LogP contribution in [0.25, 0.3) is 10.9 Å². The van der Waals surface area contributed by atoms with Gasteiger partial charge in [-0.25, -0.2) is 0 Å². The van der Waals surface area contributed by atoms with Crippen LogP contribution in [0.5, 0.6) is 0 Å². The first kappa shape index (κ1) is 11.7. The van der Waals surface area contributed by atoms with Crippen LogP contribution < -0.4 is 5.73 Å². The van der Waals surface area contributed by atoms with Crippen LogP contribution in [0.15, 0.2) is 24.4 Å². The summed E-state index contributed by atoms with van der Waals surface area (Å²) in [6, 6.07) is 5.21. The van der Waals surface area contributed by atoms with Crippen molar-refractivity contribution in [3.8, 4) is 0 Å². The second kappa shape index (κ2) is 4.59. The number of nitrogens with one attached hydrogen (secondary N) is 1. The van der Waals surface area contributed by atoms with E-state index in [2.05, 4.69) is 18.0 Å². The molecule has 0 aliphatic carbocycles. The Kier molecular flexibility index (Phi) is 3.15. The molecule has 0 saturated heterocycles. The number of aromatic amines is 1. The van der Waals surface area contributed by atoms with Gasteiger partial charge in [0, 0.05) is 23.5 Å². The highest BCUT2D eigenvalue weighted by atomic mass is 16.4. The third-order valence-electron chi connectivity index (χ3n) is 3.03. The molecule has 1 aromatic carbocycles. The molecule has 0 aliphatic heterocycles. The van der Waals surface area contributed by atoms with Gasteiger partial charge in [-0.3, -0.25) is 4.79 Å². The Morgan fingerprint density at radius 1 is 1.47 bits per heavy atom. The lowest BCUT2D eigenvalue weighted by Crippen LogP contribution is -2.32. The summed E-state index contributed by atoms with van der Waals surface area (Å²) < 4.78 is 0. The number of H-pyrrole nitrogens is 1. The van der Waals surface area contributed by atoms with Crippen molar-refractivity contribution in [2.45, 2.75) is 25.8 Å². The van der Waals surface area contributed by atoms with Crippen molar-refractivity contribution in [2.75, 3.05) is 0 Å². The molecule has 0 saturated carbocycles. The Morgan fingerprint density at radius 2 is 2.24 bits per heavy atom. The Bertz CT molecular complexity index is 545. The number of benzene rings is 1. The van der Waals surface area contributed by atoms with Gasteiger partial charge in [-0.2, -0.15) is 0 Å². The van der Waals surface area contributed by atoms with Gasteiger partial charge in [0.05, 0.1) is 0 Å². The predicted molar refractivity (Wildman–Crippen MR) is 67.0 cm³/mol. The van der Waals surface area contributed by atoms with Crippen molar-refractivity contribution in [2.24, 2.45) is 5.73 Å². The first-order valence-electron chi connectivity index (χ1n) is 5.69. The molecule has 2 rings (SSSR count). The Hall–Kier alpha value is -1.81. The van der Waals surface area contributed by atoms with E-state index in [4.69, 9.17) is 10.8 Å². The zero-order valence-electron chi connectivity index (χ0n) is 9.73. The van der Waals surface area contributed by atoms with Crippen LogP contribution in [0, 0.1) is 0 Å². The predicted octanol–water partition coefficient (Wildman–Crippen LogP) is 1.68. The van der Waals surface area contributed by atoms with E-state index in [9.17, 15) is 4.79 Å². The lowest BCUT2D eigenvalue weighted by Gasteiger charge is -2.05. The number of carboxylic acids is 1. The molecule has 4 nitrogen and oxygen atoms in total. The third kappa shape index (κ3) is 2.17. The maximum Gasteiger partial charge on any atom is 0.320 e. The van der Waals surface area contributed by atoms with E-state index in [0.717, 1.165) is 22.9 Å². The van der Waals surface area contributed by atoms with E-state index in [1.165, 1.54) is 5.56 Å². The molecule has 0 bridgehead atoms. The molecule has 1 unspecified atom stereocenters. The SMILES string of the molecule is CCc1cccc2c(CC(N)C(=O)O)c[nH]c12. The van der Waals surface area contributed by atoms with Crippen molar-refractivity contribution in [1.29, 1.82) is 0 Å². The number of aryl methyl sites for hydroxylation is 1. The third-order valence-corrected chi connectivity index (χ3v) is 3.03. The fourth-order valence-electron chi connectivity index (χ4n) is 2.06. The molecule has 0 fully saturated rings. The molecule has 0 radical (unpaired) electrons. The van der Waals surface area contributed by atoms with Gasteiger partial charge in [-0.05, 0) is 17.5 Å². The molecule has 1 heterocycles. The van der Waals surface area contributed by atoms with Gasteiger partial charge in [0.2, 0.25) is 0 Å². The standard InChI is InChI=1S/C13H16N2O2/c1-2-8-4-3-5-10-9(7-15-12(8)10)6-11(14)13(16)17/h3-5,7,11,15H,2,6,14H2,1H3,(H,16,17). The van der Waals surface area contributed by atoms with Gasteiger partial charge in [-0.1, -0.05) is 25.1 Å². The smallest absolute Gasteiger partial charge is 0.320 e. The topological polar surface area (TPSA) is 79.1 Å². The van der Waals surface area contributed by atoms with Crippen molar-refractivity contribution in [3.63, 3.8) is 0 Å². The van der Waals surface area contributed by atoms with E-state index < -0.39 is 12.0 Å². The normalized spacial score (nSPS) is 12.8. The first-order chi connectivity index (χ1) is 8.13. The van der Waals surface area contributed by atoms with Gasteiger partial charge in [-0.15, -0.1) is 0 Å². The number of nitrogens with two attached hydrogens (primary N) is 1. The van der Waals surface area contributed by atoms with Crippen LogP contribution >= 0.6 is 0 Å². The highest BCUT2D eigenvalue weighted by Crippen LogP contribution is 2.22. The lowest BCUT2D eigenvalue weighted by molar-refractivity contribution is -0.138. The molecule has 17 heavy (non-hydrogen) atoms. The number of carboxylic acid groups (broad SMARTS) is 1. The minimum atomic E-state index is -0.967. The largest absolute Gasteiger partial charge is 0.480 e. The van der Waals surface area contributed by atoms with E-state index in [1.807, 2.05) is 18.3 Å².